The van der Waals surface area contributed by atoms with Crippen LogP contribution in [0.1, 0.15) is 17.3 Å². The highest BCUT2D eigenvalue weighted by molar-refractivity contribution is 9.10. The summed E-state index contributed by atoms with van der Waals surface area (Å²) < 4.78 is 0.737. The zero-order valence-electron chi connectivity index (χ0n) is 9.87. The summed E-state index contributed by atoms with van der Waals surface area (Å²) in [5.41, 5.74) is 0.564. The average Bonchev–Trinajstić information content (AvgIpc) is 2.34. The Kier molecular flexibility index (Phi) is 6.15. The second-order valence-corrected chi connectivity index (χ2v) is 5.15. The van der Waals surface area contributed by atoms with Crippen LogP contribution in [0.15, 0.2) is 28.7 Å². The summed E-state index contributed by atoms with van der Waals surface area (Å²) in [6.45, 7) is 2.30. The van der Waals surface area contributed by atoms with Crippen LogP contribution in [-0.4, -0.2) is 30.3 Å². The Labute approximate surface area is 119 Å². The molecule has 0 aromatic heterocycles. The van der Waals surface area contributed by atoms with E-state index in [4.69, 9.17) is 11.6 Å². The number of benzene rings is 1. The topological polar surface area (TPSA) is 58.2 Å². The second kappa shape index (κ2) is 7.38. The molecule has 0 spiro atoms. The molecular weight excluding hydrogens is 320 g/mol. The first kappa shape index (κ1) is 15.0. The molecule has 4 nitrogen and oxygen atoms in total. The summed E-state index contributed by atoms with van der Waals surface area (Å²) in [4.78, 5) is 22.9. The molecule has 0 saturated heterocycles. The number of rotatable bonds is 5. The number of carbonyl (C=O) groups excluding carboxylic acids is 2. The maximum atomic E-state index is 11.8. The molecule has 0 saturated carbocycles. The zero-order chi connectivity index (χ0) is 13.5. The van der Waals surface area contributed by atoms with Crippen molar-refractivity contribution in [1.29, 1.82) is 0 Å². The monoisotopic (exact) mass is 332 g/mol. The molecule has 0 fully saturated rings. The van der Waals surface area contributed by atoms with E-state index in [1.807, 2.05) is 6.07 Å². The zero-order valence-corrected chi connectivity index (χ0v) is 12.2. The van der Waals surface area contributed by atoms with E-state index in [0.29, 0.717) is 18.7 Å². The van der Waals surface area contributed by atoms with E-state index in [-0.39, 0.29) is 11.8 Å². The third kappa shape index (κ3) is 4.66. The maximum absolute atomic E-state index is 11.8. The molecular formula is C12H14BrClN2O2. The van der Waals surface area contributed by atoms with Crippen molar-refractivity contribution in [3.05, 3.63) is 34.3 Å². The van der Waals surface area contributed by atoms with Crippen molar-refractivity contribution in [2.75, 3.05) is 13.1 Å². The smallest absolute Gasteiger partial charge is 0.252 e. The molecule has 0 bridgehead atoms. The molecule has 98 valence electrons. The Morgan fingerprint density at radius 2 is 1.89 bits per heavy atom. The summed E-state index contributed by atoms with van der Waals surface area (Å²) in [5, 5.41) is 4.75. The van der Waals surface area contributed by atoms with Crippen molar-refractivity contribution >= 4 is 39.3 Å². The lowest BCUT2D eigenvalue weighted by atomic mass is 10.2. The number of amides is 2. The highest BCUT2D eigenvalue weighted by Gasteiger charge is 2.10. The second-order valence-electron chi connectivity index (χ2n) is 3.64. The molecule has 6 heteroatoms. The van der Waals surface area contributed by atoms with Crippen LogP contribution in [0.2, 0.25) is 0 Å². The molecule has 0 radical (unpaired) electrons. The number of hydrogen-bond acceptors (Lipinski definition) is 2. The van der Waals surface area contributed by atoms with E-state index >= 15 is 0 Å². The largest absolute Gasteiger partial charge is 0.353 e. The Balaban J connectivity index is 2.35. The molecule has 1 aromatic carbocycles. The fourth-order valence-corrected chi connectivity index (χ4v) is 1.78. The predicted octanol–water partition coefficient (Wildman–Crippen LogP) is 1.92. The summed E-state index contributed by atoms with van der Waals surface area (Å²) in [6, 6.07) is 7.14. The van der Waals surface area contributed by atoms with Gasteiger partial charge in [-0.1, -0.05) is 12.1 Å². The predicted molar refractivity (Wildman–Crippen MR) is 74.8 cm³/mol. The summed E-state index contributed by atoms with van der Waals surface area (Å²) in [7, 11) is 0. The Morgan fingerprint density at radius 1 is 1.28 bits per heavy atom. The van der Waals surface area contributed by atoms with Gasteiger partial charge in [0.15, 0.2) is 0 Å². The van der Waals surface area contributed by atoms with Crippen LogP contribution in [0.25, 0.3) is 0 Å². The molecule has 0 aliphatic heterocycles. The van der Waals surface area contributed by atoms with Crippen molar-refractivity contribution < 1.29 is 9.59 Å². The number of alkyl halides is 1. The molecule has 1 rings (SSSR count). The van der Waals surface area contributed by atoms with Crippen LogP contribution in [0.3, 0.4) is 0 Å². The molecule has 1 unspecified atom stereocenters. The molecule has 0 aliphatic carbocycles. The van der Waals surface area contributed by atoms with Gasteiger partial charge in [0.25, 0.3) is 5.91 Å². The van der Waals surface area contributed by atoms with Gasteiger partial charge in [-0.2, -0.15) is 0 Å². The molecule has 2 amide bonds. The minimum absolute atomic E-state index is 0.185. The van der Waals surface area contributed by atoms with Crippen LogP contribution in [-0.2, 0) is 4.79 Å². The van der Waals surface area contributed by atoms with Crippen LogP contribution in [0.5, 0.6) is 0 Å². The SMILES string of the molecule is CC(Cl)C(=O)NCCNC(=O)c1ccccc1Br. The van der Waals surface area contributed by atoms with Crippen LogP contribution in [0, 0.1) is 0 Å². The van der Waals surface area contributed by atoms with Gasteiger partial charge in [0.2, 0.25) is 5.91 Å². The van der Waals surface area contributed by atoms with Gasteiger partial charge in [-0.05, 0) is 35.0 Å². The van der Waals surface area contributed by atoms with E-state index in [1.165, 1.54) is 0 Å². The lowest BCUT2D eigenvalue weighted by Gasteiger charge is -2.08. The van der Waals surface area contributed by atoms with Crippen molar-refractivity contribution in [3.8, 4) is 0 Å². The molecule has 18 heavy (non-hydrogen) atoms. The van der Waals surface area contributed by atoms with Gasteiger partial charge < -0.3 is 10.6 Å². The number of carbonyl (C=O) groups is 2. The van der Waals surface area contributed by atoms with E-state index in [0.717, 1.165) is 4.47 Å². The van der Waals surface area contributed by atoms with E-state index < -0.39 is 5.38 Å². The molecule has 0 aliphatic rings. The van der Waals surface area contributed by atoms with Gasteiger partial charge >= 0.3 is 0 Å². The Hall–Kier alpha value is -1.07. The molecule has 1 aromatic rings. The fourth-order valence-electron chi connectivity index (χ4n) is 1.24. The molecule has 1 atom stereocenters. The molecule has 2 N–H and O–H groups in total. The first-order valence-corrected chi connectivity index (χ1v) is 6.70. The number of hydrogen-bond donors (Lipinski definition) is 2. The minimum atomic E-state index is -0.566. The quantitative estimate of drug-likeness (QED) is 0.639. The lowest BCUT2D eigenvalue weighted by Crippen LogP contribution is -2.37. The van der Waals surface area contributed by atoms with E-state index in [9.17, 15) is 9.59 Å². The maximum Gasteiger partial charge on any atom is 0.252 e. The van der Waals surface area contributed by atoms with Gasteiger partial charge in [-0.15, -0.1) is 11.6 Å². The first-order chi connectivity index (χ1) is 8.52. The van der Waals surface area contributed by atoms with Crippen LogP contribution >= 0.6 is 27.5 Å². The third-order valence-electron chi connectivity index (χ3n) is 2.19. The van der Waals surface area contributed by atoms with Crippen LogP contribution in [0.4, 0.5) is 0 Å². The van der Waals surface area contributed by atoms with E-state index in [1.54, 1.807) is 25.1 Å². The standard InChI is InChI=1S/C12H14BrClN2O2/c1-8(14)11(17)15-6-7-16-12(18)9-4-2-3-5-10(9)13/h2-5,8H,6-7H2,1H3,(H,15,17)(H,16,18). The normalized spacial score (nSPS) is 11.7. The van der Waals surface area contributed by atoms with Gasteiger partial charge in [0.1, 0.15) is 5.38 Å². The van der Waals surface area contributed by atoms with Crippen molar-refractivity contribution in [1.82, 2.24) is 10.6 Å². The van der Waals surface area contributed by atoms with E-state index in [2.05, 4.69) is 26.6 Å². The minimum Gasteiger partial charge on any atom is -0.353 e. The number of halogens is 2. The lowest BCUT2D eigenvalue weighted by molar-refractivity contribution is -0.120. The van der Waals surface area contributed by atoms with Gasteiger partial charge in [0.05, 0.1) is 5.56 Å². The summed E-state index contributed by atoms with van der Waals surface area (Å²) >= 11 is 8.88. The van der Waals surface area contributed by atoms with Gasteiger partial charge in [0, 0.05) is 17.6 Å². The fraction of sp³-hybridized carbons (Fsp3) is 0.333. The Morgan fingerprint density at radius 3 is 2.50 bits per heavy atom. The van der Waals surface area contributed by atoms with Crippen molar-refractivity contribution in [2.24, 2.45) is 0 Å². The average molecular weight is 334 g/mol. The first-order valence-electron chi connectivity index (χ1n) is 5.47. The Bertz CT molecular complexity index is 438. The van der Waals surface area contributed by atoms with Crippen LogP contribution < -0.4 is 10.6 Å². The summed E-state index contributed by atoms with van der Waals surface area (Å²) in [5.74, 6) is -0.428. The molecule has 0 heterocycles. The number of nitrogens with one attached hydrogen (secondary N) is 2. The highest BCUT2D eigenvalue weighted by Crippen LogP contribution is 2.15. The highest BCUT2D eigenvalue weighted by atomic mass is 79.9. The van der Waals surface area contributed by atoms with Gasteiger partial charge in [-0.25, -0.2) is 0 Å². The van der Waals surface area contributed by atoms with Crippen molar-refractivity contribution in [2.45, 2.75) is 12.3 Å². The summed E-state index contributed by atoms with van der Waals surface area (Å²) in [6.07, 6.45) is 0. The third-order valence-corrected chi connectivity index (χ3v) is 3.08. The van der Waals surface area contributed by atoms with Gasteiger partial charge in [-0.3, -0.25) is 9.59 Å². The van der Waals surface area contributed by atoms with Crippen molar-refractivity contribution in [3.63, 3.8) is 0 Å².